The lowest BCUT2D eigenvalue weighted by Gasteiger charge is -2.17. The molecule has 0 fully saturated rings. The average Bonchev–Trinajstić information content (AvgIpc) is 2.40. The molecule has 0 atom stereocenters. The minimum absolute atomic E-state index is 0.456. The smallest absolute Gasteiger partial charge is 0.199 e. The summed E-state index contributed by atoms with van der Waals surface area (Å²) >= 11 is 0. The van der Waals surface area contributed by atoms with Crippen molar-refractivity contribution < 1.29 is 4.74 Å². The Morgan fingerprint density at radius 1 is 1.12 bits per heavy atom. The van der Waals surface area contributed by atoms with Gasteiger partial charge in [0, 0.05) is 24.4 Å². The quantitative estimate of drug-likeness (QED) is 0.770. The summed E-state index contributed by atoms with van der Waals surface area (Å²) in [7, 11) is 0. The molecule has 86 valence electrons. The maximum atomic E-state index is 5.89. The summed E-state index contributed by atoms with van der Waals surface area (Å²) in [5.74, 6) is 1.43. The van der Waals surface area contributed by atoms with E-state index in [0.717, 1.165) is 17.7 Å². The van der Waals surface area contributed by atoms with Crippen molar-refractivity contribution in [3.05, 3.63) is 29.7 Å². The zero-order chi connectivity index (χ0) is 11.7. The van der Waals surface area contributed by atoms with E-state index in [1.165, 1.54) is 0 Å². The van der Waals surface area contributed by atoms with Crippen molar-refractivity contribution in [2.24, 2.45) is 0 Å². The first-order chi connectivity index (χ1) is 8.34. The van der Waals surface area contributed by atoms with Gasteiger partial charge in [0.15, 0.2) is 11.6 Å². The number of nitrogen functional groups attached to an aromatic ring is 1. The molecule has 3 rings (SSSR count). The number of hydrogen-bond acceptors (Lipinski definition) is 6. The fourth-order valence-corrected chi connectivity index (χ4v) is 1.77. The third-order valence-electron chi connectivity index (χ3n) is 2.62. The molecule has 1 aliphatic heterocycles. The number of nitrogens with zero attached hydrogens (tertiary/aromatic N) is 4. The Morgan fingerprint density at radius 3 is 2.76 bits per heavy atom. The summed E-state index contributed by atoms with van der Waals surface area (Å²) in [4.78, 5) is 16.9. The van der Waals surface area contributed by atoms with Crippen LogP contribution in [-0.4, -0.2) is 26.5 Å². The van der Waals surface area contributed by atoms with Crippen LogP contribution in [0.4, 0.5) is 5.82 Å². The van der Waals surface area contributed by atoms with Gasteiger partial charge in [-0.25, -0.2) is 19.9 Å². The number of nitrogens with two attached hydrogens (primary N) is 1. The van der Waals surface area contributed by atoms with Crippen LogP contribution in [0.5, 0.6) is 0 Å². The van der Waals surface area contributed by atoms with E-state index in [1.54, 1.807) is 18.5 Å². The molecule has 2 aromatic heterocycles. The summed E-state index contributed by atoms with van der Waals surface area (Å²) in [5, 5.41) is 0. The fourth-order valence-electron chi connectivity index (χ4n) is 1.77. The van der Waals surface area contributed by atoms with Crippen LogP contribution in [0, 0.1) is 0 Å². The van der Waals surface area contributed by atoms with Crippen LogP contribution in [0.3, 0.4) is 0 Å². The Labute approximate surface area is 97.9 Å². The lowest BCUT2D eigenvalue weighted by molar-refractivity contribution is 0.109. The van der Waals surface area contributed by atoms with E-state index < -0.39 is 0 Å². The van der Waals surface area contributed by atoms with Gasteiger partial charge >= 0.3 is 0 Å². The van der Waals surface area contributed by atoms with E-state index in [9.17, 15) is 0 Å². The summed E-state index contributed by atoms with van der Waals surface area (Å²) in [6.07, 6.45) is 4.07. The molecule has 0 saturated carbocycles. The van der Waals surface area contributed by atoms with E-state index in [2.05, 4.69) is 19.9 Å². The van der Waals surface area contributed by atoms with Crippen LogP contribution < -0.4 is 5.73 Å². The summed E-state index contributed by atoms with van der Waals surface area (Å²) in [5.41, 5.74) is 7.71. The topological polar surface area (TPSA) is 86.8 Å². The number of ether oxygens (including phenoxy) is 1. The highest BCUT2D eigenvalue weighted by Crippen LogP contribution is 2.22. The van der Waals surface area contributed by atoms with Gasteiger partial charge in [-0.3, -0.25) is 0 Å². The van der Waals surface area contributed by atoms with E-state index >= 15 is 0 Å². The van der Waals surface area contributed by atoms with Crippen molar-refractivity contribution in [1.29, 1.82) is 0 Å². The molecule has 0 amide bonds. The highest BCUT2D eigenvalue weighted by Gasteiger charge is 2.17. The molecular formula is C11H11N5O. The van der Waals surface area contributed by atoms with Crippen molar-refractivity contribution in [1.82, 2.24) is 19.9 Å². The molecule has 0 aliphatic carbocycles. The minimum Gasteiger partial charge on any atom is -0.383 e. The van der Waals surface area contributed by atoms with Crippen molar-refractivity contribution in [3.8, 4) is 11.6 Å². The van der Waals surface area contributed by atoms with Crippen LogP contribution in [0.25, 0.3) is 11.6 Å². The molecule has 0 spiro atoms. The van der Waals surface area contributed by atoms with Crippen molar-refractivity contribution in [2.75, 3.05) is 12.3 Å². The van der Waals surface area contributed by atoms with Gasteiger partial charge in [-0.15, -0.1) is 0 Å². The van der Waals surface area contributed by atoms with Crippen LogP contribution in [-0.2, 0) is 17.8 Å². The number of anilines is 1. The first-order valence-corrected chi connectivity index (χ1v) is 5.35. The molecular weight excluding hydrogens is 218 g/mol. The predicted molar refractivity (Wildman–Crippen MR) is 60.8 cm³/mol. The van der Waals surface area contributed by atoms with Gasteiger partial charge in [0.25, 0.3) is 0 Å². The second kappa shape index (κ2) is 4.06. The second-order valence-electron chi connectivity index (χ2n) is 3.73. The minimum atomic E-state index is 0.456. The van der Waals surface area contributed by atoms with Crippen molar-refractivity contribution in [2.45, 2.75) is 13.0 Å². The molecule has 0 saturated heterocycles. The molecule has 0 aromatic carbocycles. The molecule has 17 heavy (non-hydrogen) atoms. The third-order valence-corrected chi connectivity index (χ3v) is 2.62. The highest BCUT2D eigenvalue weighted by molar-refractivity contribution is 5.52. The molecule has 6 heteroatoms. The van der Waals surface area contributed by atoms with Crippen molar-refractivity contribution in [3.63, 3.8) is 0 Å². The molecule has 1 aliphatic rings. The Morgan fingerprint density at radius 2 is 1.94 bits per heavy atom. The van der Waals surface area contributed by atoms with Gasteiger partial charge in [0.1, 0.15) is 5.82 Å². The normalized spacial score (nSPS) is 14.4. The Bertz CT molecular complexity index is 543. The Kier molecular flexibility index (Phi) is 2.41. The summed E-state index contributed by atoms with van der Waals surface area (Å²) in [6, 6.07) is 1.75. The largest absolute Gasteiger partial charge is 0.383 e. The second-order valence-corrected chi connectivity index (χ2v) is 3.73. The number of aromatic nitrogens is 4. The van der Waals surface area contributed by atoms with Gasteiger partial charge in [0.2, 0.25) is 0 Å². The van der Waals surface area contributed by atoms with E-state index in [4.69, 9.17) is 10.5 Å². The van der Waals surface area contributed by atoms with Crippen LogP contribution in [0.2, 0.25) is 0 Å². The van der Waals surface area contributed by atoms with Gasteiger partial charge in [-0.05, 0) is 6.07 Å². The van der Waals surface area contributed by atoms with Crippen LogP contribution >= 0.6 is 0 Å². The standard InChI is InChI=1S/C11H11N5O/c12-9-7-6-17-5-2-8(7)15-11(16-9)10-13-3-1-4-14-10/h1,3-4H,2,5-6H2,(H2,12,15,16). The zero-order valence-electron chi connectivity index (χ0n) is 9.13. The molecule has 3 heterocycles. The fraction of sp³-hybridized carbons (Fsp3) is 0.273. The average molecular weight is 229 g/mol. The molecule has 0 bridgehead atoms. The van der Waals surface area contributed by atoms with E-state index in [0.29, 0.717) is 30.7 Å². The first kappa shape index (κ1) is 10.1. The number of fused-ring (bicyclic) bond motifs is 1. The van der Waals surface area contributed by atoms with Crippen LogP contribution in [0.1, 0.15) is 11.3 Å². The SMILES string of the molecule is Nc1nc(-c2ncccn2)nc2c1COCC2. The lowest BCUT2D eigenvalue weighted by Crippen LogP contribution is -2.16. The third kappa shape index (κ3) is 1.83. The summed E-state index contributed by atoms with van der Waals surface area (Å²) in [6.45, 7) is 1.15. The monoisotopic (exact) mass is 229 g/mol. The highest BCUT2D eigenvalue weighted by atomic mass is 16.5. The molecule has 0 unspecified atom stereocenters. The Hall–Kier alpha value is -2.08. The predicted octanol–water partition coefficient (Wildman–Crippen LogP) is 0.588. The summed E-state index contributed by atoms with van der Waals surface area (Å²) < 4.78 is 5.33. The van der Waals surface area contributed by atoms with Crippen molar-refractivity contribution >= 4 is 5.82 Å². The van der Waals surface area contributed by atoms with E-state index in [-0.39, 0.29) is 0 Å². The van der Waals surface area contributed by atoms with Gasteiger partial charge in [-0.2, -0.15) is 0 Å². The molecule has 2 N–H and O–H groups in total. The molecule has 6 nitrogen and oxygen atoms in total. The Balaban J connectivity index is 2.11. The van der Waals surface area contributed by atoms with E-state index in [1.807, 2.05) is 0 Å². The molecule has 0 radical (unpaired) electrons. The number of hydrogen-bond donors (Lipinski definition) is 1. The first-order valence-electron chi connectivity index (χ1n) is 5.35. The van der Waals surface area contributed by atoms with Crippen LogP contribution in [0.15, 0.2) is 18.5 Å². The maximum Gasteiger partial charge on any atom is 0.199 e. The maximum absolute atomic E-state index is 5.89. The lowest BCUT2D eigenvalue weighted by atomic mass is 10.1. The van der Waals surface area contributed by atoms with Gasteiger partial charge in [0.05, 0.1) is 18.9 Å². The molecule has 2 aromatic rings. The zero-order valence-corrected chi connectivity index (χ0v) is 9.13. The van der Waals surface area contributed by atoms with Gasteiger partial charge in [-0.1, -0.05) is 0 Å². The van der Waals surface area contributed by atoms with Gasteiger partial charge < -0.3 is 10.5 Å². The number of rotatable bonds is 1.